The molecule has 10 nitrogen and oxygen atoms in total. The van der Waals surface area contributed by atoms with E-state index in [4.69, 9.17) is 23.7 Å². The molecule has 0 saturated heterocycles. The molecule has 4 atom stereocenters. The number of ether oxygens (including phenoxy) is 5. The van der Waals surface area contributed by atoms with Crippen molar-refractivity contribution in [2.45, 2.75) is 430 Å². The van der Waals surface area contributed by atoms with Crippen molar-refractivity contribution in [3.8, 4) is 0 Å². The van der Waals surface area contributed by atoms with Crippen molar-refractivity contribution in [2.24, 2.45) is 56.7 Å². The normalized spacial score (nSPS) is 28.3. The summed E-state index contributed by atoms with van der Waals surface area (Å²) in [6, 6.07) is 0. The third kappa shape index (κ3) is 16.4. The van der Waals surface area contributed by atoms with Crippen molar-refractivity contribution in [3.05, 3.63) is 0 Å². The molecular formula is C82H136O10. The van der Waals surface area contributed by atoms with E-state index >= 15 is 24.0 Å². The molecule has 0 N–H and O–H groups in total. The first-order valence-corrected chi connectivity index (χ1v) is 40.3. The minimum atomic E-state index is -1.51. The van der Waals surface area contributed by atoms with E-state index in [2.05, 4.69) is 6.92 Å². The molecule has 10 saturated carbocycles. The Balaban J connectivity index is 1.10. The number of hydrogen-bond acceptors (Lipinski definition) is 10. The van der Waals surface area contributed by atoms with E-state index in [-0.39, 0.29) is 73.3 Å². The summed E-state index contributed by atoms with van der Waals surface area (Å²) < 4.78 is 37.0. The Morgan fingerprint density at radius 2 is 0.424 bits per heavy atom. The van der Waals surface area contributed by atoms with E-state index < -0.39 is 55.1 Å². The van der Waals surface area contributed by atoms with Gasteiger partial charge in [-0.15, -0.1) is 0 Å². The fraction of sp³-hybridized carbons (Fsp3) is 0.939. The maximum atomic E-state index is 17.1. The van der Waals surface area contributed by atoms with Gasteiger partial charge < -0.3 is 23.7 Å². The first-order chi connectivity index (χ1) is 44.1. The first kappa shape index (κ1) is 72.1. The molecule has 0 aliphatic heterocycles. The molecular weight excluding hydrogens is 1140 g/mol. The van der Waals surface area contributed by atoms with Crippen molar-refractivity contribution >= 4 is 29.8 Å². The van der Waals surface area contributed by atoms with Crippen LogP contribution < -0.4 is 0 Å². The number of carbonyl (C=O) groups excluding carboxylic acids is 5. The van der Waals surface area contributed by atoms with E-state index in [0.29, 0.717) is 18.3 Å². The Bertz CT molecular complexity index is 2380. The Kier molecular flexibility index (Phi) is 24.3. The number of carbonyl (C=O) groups is 5. The highest BCUT2D eigenvalue weighted by Gasteiger charge is 2.61. The van der Waals surface area contributed by atoms with Gasteiger partial charge in [-0.05, 0) is 296 Å². The summed E-state index contributed by atoms with van der Waals surface area (Å²) in [5.74, 6) is -0.174. The van der Waals surface area contributed by atoms with Crippen molar-refractivity contribution in [2.75, 3.05) is 0 Å². The molecule has 0 aromatic heterocycles. The second-order valence-corrected chi connectivity index (χ2v) is 35.9. The van der Waals surface area contributed by atoms with Crippen LogP contribution >= 0.6 is 0 Å². The molecule has 10 rings (SSSR count). The highest BCUT2D eigenvalue weighted by atomic mass is 16.6. The van der Waals surface area contributed by atoms with Gasteiger partial charge >= 0.3 is 29.8 Å². The lowest BCUT2D eigenvalue weighted by Gasteiger charge is -2.51. The molecule has 10 aliphatic rings. The van der Waals surface area contributed by atoms with Gasteiger partial charge in [-0.25, -0.2) is 0 Å². The average Bonchev–Trinajstić information content (AvgIpc) is 0.759. The highest BCUT2D eigenvalue weighted by molar-refractivity contribution is 5.85. The van der Waals surface area contributed by atoms with Crippen LogP contribution in [0.2, 0.25) is 0 Å². The molecule has 0 bridgehead atoms. The Morgan fingerprint density at radius 3 is 0.641 bits per heavy atom. The Morgan fingerprint density at radius 1 is 0.250 bits per heavy atom. The lowest BCUT2D eigenvalue weighted by molar-refractivity contribution is -0.203. The predicted molar refractivity (Wildman–Crippen MR) is 367 cm³/mol. The molecule has 0 spiro atoms. The van der Waals surface area contributed by atoms with Gasteiger partial charge in [0.1, 0.15) is 28.0 Å². The SMILES string of the molecule is CCC(C)(CC(C)(CC(C)(CC(C)(CC(C)(C)C(=O)OC1(C2CCCCC2)CCCCC1)C(=O)OC1(C2CCCCC2)CCCCC1)C(=O)OC1(C2CCCCC2)CCCCC1)C(=O)OC1(C2CCCCC2)CCCCC1)C(=O)OC1(C2CCCCC2)CCCCC1. The average molecular weight is 1280 g/mol. The molecule has 0 heterocycles. The van der Waals surface area contributed by atoms with Crippen molar-refractivity contribution < 1.29 is 47.7 Å². The largest absolute Gasteiger partial charge is 0.458 e. The summed E-state index contributed by atoms with van der Waals surface area (Å²) in [6.07, 6.45) is 52.6. The molecule has 0 aromatic carbocycles. The molecule has 10 aliphatic carbocycles. The van der Waals surface area contributed by atoms with Crippen LogP contribution in [0, 0.1) is 56.7 Å². The number of rotatable bonds is 24. The smallest absolute Gasteiger partial charge is 0.312 e. The fourth-order valence-electron chi connectivity index (χ4n) is 23.0. The third-order valence-corrected chi connectivity index (χ3v) is 28.2. The van der Waals surface area contributed by atoms with Crippen molar-refractivity contribution in [1.82, 2.24) is 0 Å². The molecule has 0 amide bonds. The first-order valence-electron chi connectivity index (χ1n) is 40.3. The molecule has 92 heavy (non-hydrogen) atoms. The quantitative estimate of drug-likeness (QED) is 0.0680. The van der Waals surface area contributed by atoms with Crippen LogP contribution in [0.25, 0.3) is 0 Å². The van der Waals surface area contributed by atoms with Gasteiger partial charge in [0.05, 0.1) is 27.1 Å². The van der Waals surface area contributed by atoms with Gasteiger partial charge in [0.15, 0.2) is 0 Å². The fourth-order valence-corrected chi connectivity index (χ4v) is 23.0. The summed E-state index contributed by atoms with van der Waals surface area (Å²) >= 11 is 0. The molecule has 524 valence electrons. The van der Waals surface area contributed by atoms with E-state index in [1.165, 1.54) is 32.1 Å². The minimum Gasteiger partial charge on any atom is -0.458 e. The van der Waals surface area contributed by atoms with Crippen LogP contribution in [0.1, 0.15) is 402 Å². The van der Waals surface area contributed by atoms with Gasteiger partial charge in [-0.2, -0.15) is 0 Å². The Labute approximate surface area is 561 Å². The van der Waals surface area contributed by atoms with Crippen LogP contribution in [0.5, 0.6) is 0 Å². The number of esters is 5. The second kappa shape index (κ2) is 31.0. The van der Waals surface area contributed by atoms with Crippen molar-refractivity contribution in [3.63, 3.8) is 0 Å². The van der Waals surface area contributed by atoms with Crippen LogP contribution in [0.3, 0.4) is 0 Å². The molecule has 0 aromatic rings. The zero-order valence-electron chi connectivity index (χ0n) is 60.4. The highest BCUT2D eigenvalue weighted by Crippen LogP contribution is 2.58. The van der Waals surface area contributed by atoms with E-state index in [1.54, 1.807) is 0 Å². The Hall–Kier alpha value is -2.65. The van der Waals surface area contributed by atoms with Crippen molar-refractivity contribution in [1.29, 1.82) is 0 Å². The summed E-state index contributed by atoms with van der Waals surface area (Å²) in [4.78, 5) is 82.5. The van der Waals surface area contributed by atoms with E-state index in [9.17, 15) is 0 Å². The van der Waals surface area contributed by atoms with Crippen LogP contribution in [0.15, 0.2) is 0 Å². The summed E-state index contributed by atoms with van der Waals surface area (Å²) in [5.41, 5.74) is -9.65. The molecule has 0 radical (unpaired) electrons. The lowest BCUT2D eigenvalue weighted by Crippen LogP contribution is -2.55. The van der Waals surface area contributed by atoms with Gasteiger partial charge in [0.2, 0.25) is 0 Å². The zero-order chi connectivity index (χ0) is 65.2. The van der Waals surface area contributed by atoms with Crippen LogP contribution in [-0.4, -0.2) is 57.9 Å². The second-order valence-electron chi connectivity index (χ2n) is 35.9. The van der Waals surface area contributed by atoms with E-state index in [0.717, 1.165) is 289 Å². The van der Waals surface area contributed by atoms with Gasteiger partial charge in [0.25, 0.3) is 0 Å². The van der Waals surface area contributed by atoms with Crippen LogP contribution in [0.4, 0.5) is 0 Å². The maximum absolute atomic E-state index is 17.1. The topological polar surface area (TPSA) is 132 Å². The summed E-state index contributed by atoms with van der Waals surface area (Å²) in [6.45, 7) is 14.2. The van der Waals surface area contributed by atoms with Gasteiger partial charge in [0, 0.05) is 0 Å². The minimum absolute atomic E-state index is 0.00163. The summed E-state index contributed by atoms with van der Waals surface area (Å²) in [7, 11) is 0. The maximum Gasteiger partial charge on any atom is 0.312 e. The monoisotopic (exact) mass is 1280 g/mol. The standard InChI is InChI=1S/C82H136O10/c1-8-74(4,69(84)89-79(51-31-15-32-52-79)64-41-21-10-22-42-64)60-76(6,71(86)91-81(55-35-17-36-56-81)66-45-25-12-26-46-66)62-77(7,72(87)92-82(57-37-18-38-58-82)67-47-27-13-28-48-67)61-75(5,70(85)90-80(53-33-16-34-54-80)65-43-23-11-24-44-65)59-73(2,3)68(83)88-78(49-29-14-30-50-78)63-39-19-9-20-40-63/h63-67H,8-62H2,1-7H3. The third-order valence-electron chi connectivity index (χ3n) is 28.2. The molecule has 4 unspecified atom stereocenters. The lowest BCUT2D eigenvalue weighted by atomic mass is 9.59. The number of hydrogen-bond donors (Lipinski definition) is 0. The van der Waals surface area contributed by atoms with Crippen LogP contribution in [-0.2, 0) is 47.7 Å². The summed E-state index contributed by atoms with van der Waals surface area (Å²) in [5, 5.41) is 0. The van der Waals surface area contributed by atoms with E-state index in [1.807, 2.05) is 41.5 Å². The molecule has 10 heteroatoms. The zero-order valence-corrected chi connectivity index (χ0v) is 60.4. The predicted octanol–water partition coefficient (Wildman–Crippen LogP) is 22.1. The molecule has 10 fully saturated rings. The van der Waals surface area contributed by atoms with Gasteiger partial charge in [-0.1, -0.05) is 135 Å². The van der Waals surface area contributed by atoms with Gasteiger partial charge in [-0.3, -0.25) is 24.0 Å².